The van der Waals surface area contributed by atoms with E-state index < -0.39 is 0 Å². The molecule has 1 saturated heterocycles. The van der Waals surface area contributed by atoms with Crippen molar-refractivity contribution in [2.24, 2.45) is 0 Å². The predicted octanol–water partition coefficient (Wildman–Crippen LogP) is 3.01. The Hall–Kier alpha value is -3.19. The molecule has 0 N–H and O–H groups in total. The number of carbonyl (C=O) groups is 1. The summed E-state index contributed by atoms with van der Waals surface area (Å²) in [6.45, 7) is 5.55. The lowest BCUT2D eigenvalue weighted by Gasteiger charge is -2.34. The molecular weight excluding hydrogens is 368 g/mol. The van der Waals surface area contributed by atoms with Gasteiger partial charge in [0.05, 0.1) is 13.7 Å². The van der Waals surface area contributed by atoms with Crippen LogP contribution in [0.5, 0.6) is 5.75 Å². The van der Waals surface area contributed by atoms with E-state index in [2.05, 4.69) is 15.0 Å². The van der Waals surface area contributed by atoms with E-state index in [4.69, 9.17) is 9.26 Å². The van der Waals surface area contributed by atoms with Crippen molar-refractivity contribution in [3.05, 3.63) is 65.5 Å². The Morgan fingerprint density at radius 1 is 1.03 bits per heavy atom. The number of methoxy groups -OCH3 is 1. The molecule has 0 atom stereocenters. The molecule has 0 spiro atoms. The van der Waals surface area contributed by atoms with Crippen molar-refractivity contribution in [1.82, 2.24) is 19.9 Å². The Kier molecular flexibility index (Phi) is 5.57. The maximum Gasteiger partial charge on any atom is 0.257 e. The van der Waals surface area contributed by atoms with Gasteiger partial charge in [0.25, 0.3) is 11.8 Å². The first-order valence-electron chi connectivity index (χ1n) is 9.68. The molecule has 1 aliphatic rings. The lowest BCUT2D eigenvalue weighted by molar-refractivity contribution is 0.0624. The molecule has 1 aliphatic heterocycles. The quantitative estimate of drug-likeness (QED) is 0.665. The summed E-state index contributed by atoms with van der Waals surface area (Å²) in [7, 11) is 1.61. The third-order valence-electron chi connectivity index (χ3n) is 5.13. The lowest BCUT2D eigenvalue weighted by Crippen LogP contribution is -2.48. The van der Waals surface area contributed by atoms with Gasteiger partial charge >= 0.3 is 0 Å². The van der Waals surface area contributed by atoms with Crippen LogP contribution in [0.4, 0.5) is 0 Å². The molecule has 7 heteroatoms. The van der Waals surface area contributed by atoms with E-state index in [1.54, 1.807) is 19.2 Å². The normalized spacial score (nSPS) is 14.8. The fourth-order valence-electron chi connectivity index (χ4n) is 3.36. The van der Waals surface area contributed by atoms with E-state index in [0.29, 0.717) is 36.9 Å². The Balaban J connectivity index is 1.32. The summed E-state index contributed by atoms with van der Waals surface area (Å²) < 4.78 is 10.6. The van der Waals surface area contributed by atoms with Crippen LogP contribution in [0.3, 0.4) is 0 Å². The Morgan fingerprint density at radius 3 is 2.38 bits per heavy atom. The molecule has 150 valence electrons. The van der Waals surface area contributed by atoms with Gasteiger partial charge in [-0.3, -0.25) is 9.69 Å². The molecule has 7 nitrogen and oxygen atoms in total. The molecule has 2 heterocycles. The van der Waals surface area contributed by atoms with E-state index in [0.717, 1.165) is 24.4 Å². The van der Waals surface area contributed by atoms with Crippen molar-refractivity contribution in [3.63, 3.8) is 0 Å². The fraction of sp³-hybridized carbons (Fsp3) is 0.318. The molecule has 3 aromatic rings. The number of hydrogen-bond acceptors (Lipinski definition) is 6. The number of rotatable bonds is 5. The van der Waals surface area contributed by atoms with Crippen LogP contribution >= 0.6 is 0 Å². The molecule has 1 fully saturated rings. The number of carbonyl (C=O) groups excluding carboxylic acids is 1. The molecular formula is C22H24N4O3. The number of aromatic nitrogens is 2. The van der Waals surface area contributed by atoms with Crippen molar-refractivity contribution < 1.29 is 14.1 Å². The first-order chi connectivity index (χ1) is 14.1. The smallest absolute Gasteiger partial charge is 0.257 e. The molecule has 2 aromatic carbocycles. The fourth-order valence-corrected chi connectivity index (χ4v) is 3.36. The number of amides is 1. The van der Waals surface area contributed by atoms with Crippen LogP contribution < -0.4 is 4.74 Å². The largest absolute Gasteiger partial charge is 0.497 e. The molecule has 4 rings (SSSR count). The van der Waals surface area contributed by atoms with Crippen molar-refractivity contribution in [2.75, 3.05) is 33.3 Å². The summed E-state index contributed by atoms with van der Waals surface area (Å²) in [5.74, 6) is 1.99. The van der Waals surface area contributed by atoms with Gasteiger partial charge in [-0.2, -0.15) is 4.98 Å². The van der Waals surface area contributed by atoms with Gasteiger partial charge < -0.3 is 14.2 Å². The molecule has 0 unspecified atom stereocenters. The third kappa shape index (κ3) is 4.46. The summed E-state index contributed by atoms with van der Waals surface area (Å²) in [6.07, 6.45) is 0. The standard InChI is InChI=1S/C22H24N4O3/c1-16-3-5-17(6-4-16)21-23-20(24-29-21)15-25-11-13-26(14-12-25)22(27)18-7-9-19(28-2)10-8-18/h3-10H,11-15H2,1-2H3. The van der Waals surface area contributed by atoms with Crippen molar-refractivity contribution in [3.8, 4) is 17.2 Å². The monoisotopic (exact) mass is 392 g/mol. The molecule has 1 amide bonds. The van der Waals surface area contributed by atoms with E-state index >= 15 is 0 Å². The highest BCUT2D eigenvalue weighted by Crippen LogP contribution is 2.19. The van der Waals surface area contributed by atoms with Crippen LogP contribution in [0.2, 0.25) is 0 Å². The highest BCUT2D eigenvalue weighted by Gasteiger charge is 2.23. The van der Waals surface area contributed by atoms with Crippen LogP contribution in [-0.4, -0.2) is 59.1 Å². The lowest BCUT2D eigenvalue weighted by atomic mass is 10.1. The van der Waals surface area contributed by atoms with Gasteiger partial charge in [-0.05, 0) is 43.3 Å². The second-order valence-electron chi connectivity index (χ2n) is 7.18. The SMILES string of the molecule is COc1ccc(C(=O)N2CCN(Cc3noc(-c4ccc(C)cc4)n3)CC2)cc1. The average molecular weight is 392 g/mol. The molecule has 0 radical (unpaired) electrons. The summed E-state index contributed by atoms with van der Waals surface area (Å²) >= 11 is 0. The van der Waals surface area contributed by atoms with Crippen LogP contribution in [0.1, 0.15) is 21.7 Å². The Labute approximate surface area is 169 Å². The van der Waals surface area contributed by atoms with E-state index in [1.165, 1.54) is 5.56 Å². The Bertz CT molecular complexity index is 958. The molecule has 1 aromatic heterocycles. The van der Waals surface area contributed by atoms with Gasteiger partial charge in [-0.1, -0.05) is 22.9 Å². The second kappa shape index (κ2) is 8.45. The van der Waals surface area contributed by atoms with Crippen molar-refractivity contribution >= 4 is 5.91 Å². The molecule has 0 aliphatic carbocycles. The predicted molar refractivity (Wildman–Crippen MR) is 109 cm³/mol. The number of benzene rings is 2. The first kappa shape index (κ1) is 19.1. The molecule has 29 heavy (non-hydrogen) atoms. The maximum atomic E-state index is 12.7. The molecule has 0 saturated carbocycles. The number of ether oxygens (including phenoxy) is 1. The summed E-state index contributed by atoms with van der Waals surface area (Å²) in [4.78, 5) is 21.3. The van der Waals surface area contributed by atoms with Crippen LogP contribution in [-0.2, 0) is 6.54 Å². The van der Waals surface area contributed by atoms with Gasteiger partial charge in [-0.15, -0.1) is 0 Å². The summed E-state index contributed by atoms with van der Waals surface area (Å²) in [6, 6.07) is 15.2. The van der Waals surface area contributed by atoms with Gasteiger partial charge in [0.1, 0.15) is 5.75 Å². The first-order valence-corrected chi connectivity index (χ1v) is 9.68. The van der Waals surface area contributed by atoms with Gasteiger partial charge in [0.2, 0.25) is 0 Å². The minimum Gasteiger partial charge on any atom is -0.497 e. The second-order valence-corrected chi connectivity index (χ2v) is 7.18. The number of hydrogen-bond donors (Lipinski definition) is 0. The van der Waals surface area contributed by atoms with E-state index in [-0.39, 0.29) is 5.91 Å². The van der Waals surface area contributed by atoms with Crippen LogP contribution in [0.15, 0.2) is 53.1 Å². The number of nitrogens with zero attached hydrogens (tertiary/aromatic N) is 4. The third-order valence-corrected chi connectivity index (χ3v) is 5.13. The van der Waals surface area contributed by atoms with Gasteiger partial charge in [0, 0.05) is 37.3 Å². The number of aryl methyl sites for hydroxylation is 1. The average Bonchev–Trinajstić information content (AvgIpc) is 3.23. The maximum absolute atomic E-state index is 12.7. The highest BCUT2D eigenvalue weighted by atomic mass is 16.5. The number of piperazine rings is 1. The van der Waals surface area contributed by atoms with Crippen LogP contribution in [0, 0.1) is 6.92 Å². The minimum absolute atomic E-state index is 0.0496. The van der Waals surface area contributed by atoms with E-state index in [1.807, 2.05) is 48.2 Å². The topological polar surface area (TPSA) is 71.7 Å². The molecule has 0 bridgehead atoms. The van der Waals surface area contributed by atoms with Crippen molar-refractivity contribution in [2.45, 2.75) is 13.5 Å². The zero-order valence-corrected chi connectivity index (χ0v) is 16.7. The highest BCUT2D eigenvalue weighted by molar-refractivity contribution is 5.94. The van der Waals surface area contributed by atoms with E-state index in [9.17, 15) is 4.79 Å². The van der Waals surface area contributed by atoms with Gasteiger partial charge in [0.15, 0.2) is 5.82 Å². The van der Waals surface area contributed by atoms with Crippen LogP contribution in [0.25, 0.3) is 11.5 Å². The zero-order chi connectivity index (χ0) is 20.2. The van der Waals surface area contributed by atoms with Crippen molar-refractivity contribution in [1.29, 1.82) is 0 Å². The zero-order valence-electron chi connectivity index (χ0n) is 16.7. The van der Waals surface area contributed by atoms with Gasteiger partial charge in [-0.25, -0.2) is 0 Å². The Morgan fingerprint density at radius 2 is 1.72 bits per heavy atom. The minimum atomic E-state index is 0.0496. The summed E-state index contributed by atoms with van der Waals surface area (Å²) in [5, 5.41) is 4.11. The summed E-state index contributed by atoms with van der Waals surface area (Å²) in [5.41, 5.74) is 2.79.